The quantitative estimate of drug-likeness (QED) is 0.489. The highest BCUT2D eigenvalue weighted by atomic mass is 16.6. The number of hydrogen-bond donors (Lipinski definition) is 1. The van der Waals surface area contributed by atoms with Crippen LogP contribution < -0.4 is 0 Å². The molecule has 0 aliphatic carbocycles. The van der Waals surface area contributed by atoms with Crippen LogP contribution in [0.15, 0.2) is 0 Å². The third-order valence-corrected chi connectivity index (χ3v) is 2.76. The molecule has 2 heteroatoms. The number of hydrogen-bond acceptors (Lipinski definition) is 2. The SMILES string of the molecule is CCCCCC[C@H](O)[C@@H]1O[C@H]1CC. The van der Waals surface area contributed by atoms with Crippen LogP contribution in [0.25, 0.3) is 0 Å². The van der Waals surface area contributed by atoms with Crippen LogP contribution in [0.5, 0.6) is 0 Å². The summed E-state index contributed by atoms with van der Waals surface area (Å²) in [6.07, 6.45) is 7.19. The van der Waals surface area contributed by atoms with E-state index in [1.165, 1.54) is 19.3 Å². The number of aliphatic hydroxyl groups is 1. The Morgan fingerprint density at radius 3 is 2.54 bits per heavy atom. The molecule has 0 aromatic carbocycles. The number of ether oxygens (including phenoxy) is 1. The highest BCUT2D eigenvalue weighted by Gasteiger charge is 2.42. The Balaban J connectivity index is 1.96. The molecule has 3 atom stereocenters. The van der Waals surface area contributed by atoms with Gasteiger partial charge < -0.3 is 9.84 Å². The van der Waals surface area contributed by atoms with Crippen molar-refractivity contribution in [2.75, 3.05) is 0 Å². The summed E-state index contributed by atoms with van der Waals surface area (Å²) in [6.45, 7) is 4.31. The lowest BCUT2D eigenvalue weighted by molar-refractivity contribution is 0.123. The molecule has 1 saturated heterocycles. The largest absolute Gasteiger partial charge is 0.390 e. The van der Waals surface area contributed by atoms with Crippen LogP contribution in [0.2, 0.25) is 0 Å². The number of unbranched alkanes of at least 4 members (excludes halogenated alkanes) is 3. The maximum atomic E-state index is 9.66. The van der Waals surface area contributed by atoms with Gasteiger partial charge in [0.05, 0.1) is 12.2 Å². The molecular formula is C11H22O2. The molecule has 0 saturated carbocycles. The van der Waals surface area contributed by atoms with Gasteiger partial charge in [0.2, 0.25) is 0 Å². The Labute approximate surface area is 81.3 Å². The van der Waals surface area contributed by atoms with Crippen LogP contribution in [-0.4, -0.2) is 23.4 Å². The first-order valence-corrected chi connectivity index (χ1v) is 5.63. The summed E-state index contributed by atoms with van der Waals surface area (Å²) in [6, 6.07) is 0. The van der Waals surface area contributed by atoms with Crippen molar-refractivity contribution >= 4 is 0 Å². The third kappa shape index (κ3) is 3.65. The molecular weight excluding hydrogens is 164 g/mol. The Morgan fingerprint density at radius 2 is 2.00 bits per heavy atom. The van der Waals surface area contributed by atoms with Crippen molar-refractivity contribution in [1.29, 1.82) is 0 Å². The van der Waals surface area contributed by atoms with Crippen molar-refractivity contribution in [2.45, 2.75) is 70.7 Å². The van der Waals surface area contributed by atoms with E-state index in [-0.39, 0.29) is 12.2 Å². The lowest BCUT2D eigenvalue weighted by atomic mass is 10.0. The van der Waals surface area contributed by atoms with E-state index in [1.54, 1.807) is 0 Å². The van der Waals surface area contributed by atoms with Crippen LogP contribution in [-0.2, 0) is 4.74 Å². The lowest BCUT2D eigenvalue weighted by Gasteiger charge is -2.06. The van der Waals surface area contributed by atoms with E-state index in [4.69, 9.17) is 4.74 Å². The Morgan fingerprint density at radius 1 is 1.23 bits per heavy atom. The van der Waals surface area contributed by atoms with E-state index in [2.05, 4.69) is 13.8 Å². The summed E-state index contributed by atoms with van der Waals surface area (Å²) in [4.78, 5) is 0. The van der Waals surface area contributed by atoms with Crippen molar-refractivity contribution in [3.8, 4) is 0 Å². The molecule has 1 fully saturated rings. The van der Waals surface area contributed by atoms with E-state index in [9.17, 15) is 5.11 Å². The fourth-order valence-electron chi connectivity index (χ4n) is 1.77. The van der Waals surface area contributed by atoms with E-state index in [0.29, 0.717) is 6.10 Å². The molecule has 1 aliphatic rings. The smallest absolute Gasteiger partial charge is 0.110 e. The zero-order chi connectivity index (χ0) is 9.68. The van der Waals surface area contributed by atoms with Crippen molar-refractivity contribution in [1.82, 2.24) is 0 Å². The number of epoxide rings is 1. The second-order valence-electron chi connectivity index (χ2n) is 3.96. The molecule has 13 heavy (non-hydrogen) atoms. The topological polar surface area (TPSA) is 32.8 Å². The second kappa shape index (κ2) is 5.61. The van der Waals surface area contributed by atoms with Gasteiger partial charge in [-0.25, -0.2) is 0 Å². The van der Waals surface area contributed by atoms with Gasteiger partial charge in [0, 0.05) is 0 Å². The Hall–Kier alpha value is -0.0800. The molecule has 0 unspecified atom stereocenters. The van der Waals surface area contributed by atoms with Gasteiger partial charge in [-0.15, -0.1) is 0 Å². The summed E-state index contributed by atoms with van der Waals surface area (Å²) in [5.74, 6) is 0. The summed E-state index contributed by atoms with van der Waals surface area (Å²) in [5, 5.41) is 9.66. The minimum absolute atomic E-state index is 0.159. The molecule has 0 aromatic heterocycles. The average Bonchev–Trinajstić information content (AvgIpc) is 2.91. The van der Waals surface area contributed by atoms with Crippen molar-refractivity contribution < 1.29 is 9.84 Å². The molecule has 1 aliphatic heterocycles. The average molecular weight is 186 g/mol. The minimum atomic E-state index is -0.207. The van der Waals surface area contributed by atoms with Gasteiger partial charge in [0.25, 0.3) is 0 Å². The highest BCUT2D eigenvalue weighted by Crippen LogP contribution is 2.30. The summed E-state index contributed by atoms with van der Waals surface area (Å²) < 4.78 is 5.33. The Bertz CT molecular complexity index is 136. The normalized spacial score (nSPS) is 28.8. The Kier molecular flexibility index (Phi) is 4.74. The van der Waals surface area contributed by atoms with Crippen LogP contribution >= 0.6 is 0 Å². The van der Waals surface area contributed by atoms with E-state index >= 15 is 0 Å². The fraction of sp³-hybridized carbons (Fsp3) is 1.00. The first-order chi connectivity index (χ1) is 6.29. The molecule has 78 valence electrons. The van der Waals surface area contributed by atoms with Crippen LogP contribution in [0.3, 0.4) is 0 Å². The molecule has 2 nitrogen and oxygen atoms in total. The van der Waals surface area contributed by atoms with Crippen LogP contribution in [0.4, 0.5) is 0 Å². The van der Waals surface area contributed by atoms with Crippen LogP contribution in [0, 0.1) is 0 Å². The first kappa shape index (κ1) is 11.0. The predicted octanol–water partition coefficient (Wildman–Crippen LogP) is 2.50. The van der Waals surface area contributed by atoms with Gasteiger partial charge in [-0.3, -0.25) is 0 Å². The highest BCUT2D eigenvalue weighted by molar-refractivity contribution is 4.89. The van der Waals surface area contributed by atoms with Gasteiger partial charge in [-0.2, -0.15) is 0 Å². The van der Waals surface area contributed by atoms with E-state index in [1.807, 2.05) is 0 Å². The van der Waals surface area contributed by atoms with Gasteiger partial charge >= 0.3 is 0 Å². The third-order valence-electron chi connectivity index (χ3n) is 2.76. The van der Waals surface area contributed by atoms with Gasteiger partial charge in [0.15, 0.2) is 0 Å². The summed E-state index contributed by atoms with van der Waals surface area (Å²) >= 11 is 0. The second-order valence-corrected chi connectivity index (χ2v) is 3.96. The molecule has 1 heterocycles. The molecule has 0 aromatic rings. The molecule has 0 amide bonds. The fourth-order valence-corrected chi connectivity index (χ4v) is 1.77. The van der Waals surface area contributed by atoms with Gasteiger partial charge in [0.1, 0.15) is 6.10 Å². The van der Waals surface area contributed by atoms with Gasteiger partial charge in [-0.1, -0.05) is 39.5 Å². The zero-order valence-electron chi connectivity index (χ0n) is 8.83. The van der Waals surface area contributed by atoms with Crippen molar-refractivity contribution in [3.63, 3.8) is 0 Å². The molecule has 0 radical (unpaired) electrons. The maximum absolute atomic E-state index is 9.66. The monoisotopic (exact) mass is 186 g/mol. The molecule has 0 spiro atoms. The summed E-state index contributed by atoms with van der Waals surface area (Å²) in [5.41, 5.74) is 0. The predicted molar refractivity (Wildman–Crippen MR) is 53.7 cm³/mol. The standard InChI is InChI=1S/C11H22O2/c1-3-5-6-7-8-9(12)11-10(4-2)13-11/h9-12H,3-8H2,1-2H3/t9-,10-,11-/m0/s1. The molecule has 1 N–H and O–H groups in total. The first-order valence-electron chi connectivity index (χ1n) is 5.63. The minimum Gasteiger partial charge on any atom is -0.390 e. The number of rotatable bonds is 7. The van der Waals surface area contributed by atoms with Crippen molar-refractivity contribution in [3.05, 3.63) is 0 Å². The zero-order valence-corrected chi connectivity index (χ0v) is 8.83. The van der Waals surface area contributed by atoms with E-state index in [0.717, 1.165) is 19.3 Å². The molecule has 0 bridgehead atoms. The number of aliphatic hydroxyl groups excluding tert-OH is 1. The van der Waals surface area contributed by atoms with Crippen molar-refractivity contribution in [2.24, 2.45) is 0 Å². The summed E-state index contributed by atoms with van der Waals surface area (Å²) in [7, 11) is 0. The van der Waals surface area contributed by atoms with Gasteiger partial charge in [-0.05, 0) is 12.8 Å². The lowest BCUT2D eigenvalue weighted by Crippen LogP contribution is -2.16. The van der Waals surface area contributed by atoms with Crippen LogP contribution in [0.1, 0.15) is 52.4 Å². The molecule has 1 rings (SSSR count). The van der Waals surface area contributed by atoms with E-state index < -0.39 is 0 Å². The maximum Gasteiger partial charge on any atom is 0.110 e.